The van der Waals surface area contributed by atoms with Crippen LogP contribution in [0.25, 0.3) is 0 Å². The second-order valence-corrected chi connectivity index (χ2v) is 3.02. The van der Waals surface area contributed by atoms with Gasteiger partial charge in [-0.25, -0.2) is 18.0 Å². The third-order valence-corrected chi connectivity index (χ3v) is 2.00. The van der Waals surface area contributed by atoms with Gasteiger partial charge in [0.05, 0.1) is 11.6 Å². The first-order chi connectivity index (χ1) is 7.36. The summed E-state index contributed by atoms with van der Waals surface area (Å²) in [5.74, 6) is -3.80. The average molecular weight is 272 g/mol. The summed E-state index contributed by atoms with van der Waals surface area (Å²) in [4.78, 5) is 10.6. The van der Waals surface area contributed by atoms with Crippen molar-refractivity contribution in [3.63, 3.8) is 0 Å². The molecule has 0 unspecified atom stereocenters. The van der Waals surface area contributed by atoms with Gasteiger partial charge >= 0.3 is 5.97 Å². The topological polar surface area (TPSA) is 83.6 Å². The number of halogens is 4. The predicted octanol–water partition coefficient (Wildman–Crippen LogP) is 1.92. The summed E-state index contributed by atoms with van der Waals surface area (Å²) in [6.45, 7) is 0. The van der Waals surface area contributed by atoms with Crippen molar-refractivity contribution in [2.24, 2.45) is 5.73 Å². The first kappa shape index (κ1) is 15.5. The Bertz CT molecular complexity index is 428. The van der Waals surface area contributed by atoms with Crippen molar-refractivity contribution in [2.75, 3.05) is 0 Å². The fraction of sp³-hybridized carbons (Fsp3) is 0.222. The number of hydrogen-bond acceptors (Lipinski definition) is 3. The van der Waals surface area contributed by atoms with Crippen LogP contribution in [-0.2, 0) is 0 Å². The Morgan fingerprint density at radius 2 is 1.88 bits per heavy atom. The van der Waals surface area contributed by atoms with Crippen molar-refractivity contribution in [1.29, 1.82) is 0 Å². The zero-order valence-corrected chi connectivity index (χ0v) is 9.05. The van der Waals surface area contributed by atoms with Crippen LogP contribution < -0.4 is 5.73 Å². The fourth-order valence-corrected chi connectivity index (χ4v) is 1.20. The molecular formula is C9H9ClF3NO3. The van der Waals surface area contributed by atoms with Gasteiger partial charge in [-0.15, -0.1) is 12.4 Å². The Morgan fingerprint density at radius 1 is 1.35 bits per heavy atom. The molecule has 1 aromatic carbocycles. The smallest absolute Gasteiger partial charge is 0.339 e. The van der Waals surface area contributed by atoms with Crippen LogP contribution in [0, 0.1) is 5.82 Å². The molecule has 0 aliphatic rings. The number of carboxylic acid groups (broad SMARTS) is 1. The molecule has 17 heavy (non-hydrogen) atoms. The Balaban J connectivity index is 0.00000256. The van der Waals surface area contributed by atoms with Gasteiger partial charge in [-0.05, 0) is 12.1 Å². The molecule has 0 heterocycles. The minimum atomic E-state index is -3.11. The molecule has 0 bridgehead atoms. The zero-order chi connectivity index (χ0) is 12.5. The molecular weight excluding hydrogens is 263 g/mol. The molecule has 96 valence electrons. The third-order valence-electron chi connectivity index (χ3n) is 2.00. The van der Waals surface area contributed by atoms with E-state index in [1.807, 2.05) is 0 Å². The van der Waals surface area contributed by atoms with Crippen LogP contribution in [-0.4, -0.2) is 22.6 Å². The zero-order valence-electron chi connectivity index (χ0n) is 8.23. The van der Waals surface area contributed by atoms with Crippen molar-refractivity contribution in [2.45, 2.75) is 12.5 Å². The lowest BCUT2D eigenvalue weighted by Crippen LogP contribution is -2.21. The van der Waals surface area contributed by atoms with E-state index in [0.29, 0.717) is 6.07 Å². The van der Waals surface area contributed by atoms with E-state index in [9.17, 15) is 23.1 Å². The highest BCUT2D eigenvalue weighted by Gasteiger charge is 2.27. The number of alkyl halides is 2. The fourth-order valence-electron chi connectivity index (χ4n) is 1.20. The second-order valence-electron chi connectivity index (χ2n) is 3.02. The largest absolute Gasteiger partial charge is 0.507 e. The van der Waals surface area contributed by atoms with Crippen molar-refractivity contribution in [3.8, 4) is 5.75 Å². The van der Waals surface area contributed by atoms with Crippen molar-refractivity contribution in [1.82, 2.24) is 0 Å². The standard InChI is InChI=1S/C9H8F3NO3.ClH/c10-4-2-1-3(9(15)16)7(14)5(4)6(13)8(11)12;/h1-2,6,8,14H,13H2,(H,15,16);1H/t6-;/m0./s1. The number of aromatic hydroxyl groups is 1. The number of phenols is 1. The molecule has 0 radical (unpaired) electrons. The van der Waals surface area contributed by atoms with Crippen molar-refractivity contribution in [3.05, 3.63) is 29.1 Å². The summed E-state index contributed by atoms with van der Waals surface area (Å²) in [7, 11) is 0. The quantitative estimate of drug-likeness (QED) is 0.784. The molecule has 4 N–H and O–H groups in total. The highest BCUT2D eigenvalue weighted by molar-refractivity contribution is 5.91. The maximum atomic E-state index is 13.1. The average Bonchev–Trinajstić information content (AvgIpc) is 2.16. The van der Waals surface area contributed by atoms with E-state index < -0.39 is 41.1 Å². The lowest BCUT2D eigenvalue weighted by atomic mass is 10.0. The van der Waals surface area contributed by atoms with E-state index in [1.165, 1.54) is 0 Å². The molecule has 8 heteroatoms. The Hall–Kier alpha value is -1.47. The van der Waals surface area contributed by atoms with E-state index in [1.54, 1.807) is 0 Å². The van der Waals surface area contributed by atoms with Gasteiger partial charge < -0.3 is 15.9 Å². The SMILES string of the molecule is Cl.N[C@@H](c1c(F)ccc(C(=O)O)c1O)C(F)F. The van der Waals surface area contributed by atoms with E-state index in [-0.39, 0.29) is 12.4 Å². The van der Waals surface area contributed by atoms with Gasteiger partial charge in [-0.3, -0.25) is 0 Å². The summed E-state index contributed by atoms with van der Waals surface area (Å²) in [5.41, 5.74) is 3.40. The molecule has 1 rings (SSSR count). The number of benzene rings is 1. The van der Waals surface area contributed by atoms with E-state index in [4.69, 9.17) is 10.8 Å². The molecule has 0 aromatic heterocycles. The molecule has 0 aliphatic heterocycles. The first-order valence-corrected chi connectivity index (χ1v) is 4.14. The Kier molecular flexibility index (Phi) is 5.24. The Labute approximate surface area is 100 Å². The normalized spacial score (nSPS) is 12.1. The summed E-state index contributed by atoms with van der Waals surface area (Å²) in [6.07, 6.45) is -3.11. The molecule has 1 atom stereocenters. The molecule has 0 amide bonds. The number of carboxylic acids is 1. The van der Waals surface area contributed by atoms with E-state index >= 15 is 0 Å². The van der Waals surface area contributed by atoms with Crippen LogP contribution in [0.15, 0.2) is 12.1 Å². The van der Waals surface area contributed by atoms with Crippen LogP contribution in [0.2, 0.25) is 0 Å². The maximum Gasteiger partial charge on any atom is 0.339 e. The van der Waals surface area contributed by atoms with E-state index in [2.05, 4.69) is 0 Å². The third kappa shape index (κ3) is 3.01. The van der Waals surface area contributed by atoms with Crippen LogP contribution >= 0.6 is 12.4 Å². The van der Waals surface area contributed by atoms with E-state index in [0.717, 1.165) is 6.07 Å². The number of aromatic carboxylic acids is 1. The lowest BCUT2D eigenvalue weighted by molar-refractivity contribution is 0.0691. The monoisotopic (exact) mass is 271 g/mol. The minimum absolute atomic E-state index is 0. The summed E-state index contributed by atoms with van der Waals surface area (Å²) in [5, 5.41) is 17.9. The number of carbonyl (C=O) groups is 1. The molecule has 0 aliphatic carbocycles. The lowest BCUT2D eigenvalue weighted by Gasteiger charge is -2.14. The first-order valence-electron chi connectivity index (χ1n) is 4.14. The molecule has 1 aromatic rings. The van der Waals surface area contributed by atoms with Gasteiger partial charge in [0.2, 0.25) is 0 Å². The van der Waals surface area contributed by atoms with Crippen LogP contribution in [0.5, 0.6) is 5.75 Å². The van der Waals surface area contributed by atoms with Crippen molar-refractivity contribution >= 4 is 18.4 Å². The van der Waals surface area contributed by atoms with Gasteiger partial charge in [-0.1, -0.05) is 0 Å². The predicted molar refractivity (Wildman–Crippen MR) is 55.2 cm³/mol. The van der Waals surface area contributed by atoms with Gasteiger partial charge in [-0.2, -0.15) is 0 Å². The highest BCUT2D eigenvalue weighted by atomic mass is 35.5. The number of nitrogens with two attached hydrogens (primary N) is 1. The summed E-state index contributed by atoms with van der Waals surface area (Å²) in [6, 6.07) is -0.630. The Morgan fingerprint density at radius 3 is 2.29 bits per heavy atom. The van der Waals surface area contributed by atoms with Gasteiger partial charge in [0.1, 0.15) is 17.1 Å². The summed E-state index contributed by atoms with van der Waals surface area (Å²) >= 11 is 0. The number of rotatable bonds is 3. The van der Waals surface area contributed by atoms with Gasteiger partial charge in [0.25, 0.3) is 6.43 Å². The minimum Gasteiger partial charge on any atom is -0.507 e. The highest BCUT2D eigenvalue weighted by Crippen LogP contribution is 2.32. The van der Waals surface area contributed by atoms with Gasteiger partial charge in [0, 0.05) is 0 Å². The summed E-state index contributed by atoms with van der Waals surface area (Å²) < 4.78 is 37.7. The van der Waals surface area contributed by atoms with Crippen LogP contribution in [0.4, 0.5) is 13.2 Å². The molecule has 0 saturated carbocycles. The maximum absolute atomic E-state index is 13.1. The number of hydrogen-bond donors (Lipinski definition) is 3. The molecule has 0 spiro atoms. The second kappa shape index (κ2) is 5.74. The molecule has 4 nitrogen and oxygen atoms in total. The molecule has 0 saturated heterocycles. The van der Waals surface area contributed by atoms with Crippen LogP contribution in [0.1, 0.15) is 22.0 Å². The van der Waals surface area contributed by atoms with Crippen LogP contribution in [0.3, 0.4) is 0 Å². The molecule has 0 fully saturated rings. The van der Waals surface area contributed by atoms with Gasteiger partial charge in [0.15, 0.2) is 0 Å². The van der Waals surface area contributed by atoms with Crippen molar-refractivity contribution < 1.29 is 28.2 Å².